The lowest BCUT2D eigenvalue weighted by molar-refractivity contribution is -0.119. The molecule has 1 saturated carbocycles. The Morgan fingerprint density at radius 2 is 1.84 bits per heavy atom. The molecule has 0 unspecified atom stereocenters. The van der Waals surface area contributed by atoms with E-state index >= 15 is 0 Å². The van der Waals surface area contributed by atoms with Gasteiger partial charge in [-0.05, 0) is 36.6 Å². The van der Waals surface area contributed by atoms with Gasteiger partial charge in [-0.15, -0.1) is 0 Å². The lowest BCUT2D eigenvalue weighted by Crippen LogP contribution is -2.36. The minimum atomic E-state index is -2.87. The normalized spacial score (nSPS) is 14.5. The van der Waals surface area contributed by atoms with Gasteiger partial charge in [0.15, 0.2) is 5.96 Å². The number of nitrogens with one attached hydrogen (secondary N) is 3. The number of hydrogen-bond acceptors (Lipinski definition) is 3. The van der Waals surface area contributed by atoms with Crippen molar-refractivity contribution in [2.75, 3.05) is 12.4 Å². The molecule has 0 aromatic heterocycles. The van der Waals surface area contributed by atoms with Crippen molar-refractivity contribution in [1.82, 2.24) is 10.6 Å². The number of carbonyl (C=O) groups excluding carboxylic acids is 1. The number of halogens is 2. The van der Waals surface area contributed by atoms with E-state index < -0.39 is 6.61 Å². The third kappa shape index (κ3) is 6.94. The Hall–Kier alpha value is -3.16. The van der Waals surface area contributed by atoms with Crippen molar-refractivity contribution in [2.45, 2.75) is 45.4 Å². The Bertz CT molecular complexity index is 899. The third-order valence-electron chi connectivity index (χ3n) is 5.24. The summed E-state index contributed by atoms with van der Waals surface area (Å²) in [6.07, 6.45) is 4.15. The lowest BCUT2D eigenvalue weighted by atomic mass is 10.1. The number of hydrogen-bond donors (Lipinski definition) is 3. The summed E-state index contributed by atoms with van der Waals surface area (Å²) in [5, 5.41) is 9.29. The smallest absolute Gasteiger partial charge is 0.387 e. The number of aliphatic imine (C=N–C) groups is 1. The van der Waals surface area contributed by atoms with Crippen LogP contribution < -0.4 is 20.7 Å². The van der Waals surface area contributed by atoms with Crippen LogP contribution in [0.1, 0.15) is 36.8 Å². The van der Waals surface area contributed by atoms with E-state index in [1.807, 2.05) is 24.3 Å². The molecule has 0 aliphatic heterocycles. The van der Waals surface area contributed by atoms with Gasteiger partial charge in [0.1, 0.15) is 5.75 Å². The second-order valence-corrected chi connectivity index (χ2v) is 7.44. The van der Waals surface area contributed by atoms with Gasteiger partial charge in [-0.2, -0.15) is 8.78 Å². The quantitative estimate of drug-likeness (QED) is 0.432. The molecule has 1 amide bonds. The van der Waals surface area contributed by atoms with E-state index in [4.69, 9.17) is 0 Å². The standard InChI is InChI=1S/C23H28F2N4O2/c1-26-23(28-15-18-10-4-5-12-20(18)31-22(24)25)27-14-16-7-6-11-19(13-16)29-21(30)17-8-2-3-9-17/h4-7,10-13,17,22H,2-3,8-9,14-15H2,1H3,(H,29,30)(H2,26,27,28). The number of guanidine groups is 1. The summed E-state index contributed by atoms with van der Waals surface area (Å²) >= 11 is 0. The summed E-state index contributed by atoms with van der Waals surface area (Å²) in [6.45, 7) is -2.11. The van der Waals surface area contributed by atoms with Crippen molar-refractivity contribution in [1.29, 1.82) is 0 Å². The van der Waals surface area contributed by atoms with E-state index in [9.17, 15) is 13.6 Å². The Kier molecular flexibility index (Phi) is 8.20. The molecule has 0 spiro atoms. The van der Waals surface area contributed by atoms with E-state index in [1.165, 1.54) is 6.07 Å². The second kappa shape index (κ2) is 11.3. The Morgan fingerprint density at radius 1 is 1.10 bits per heavy atom. The van der Waals surface area contributed by atoms with Gasteiger partial charge in [0.25, 0.3) is 0 Å². The van der Waals surface area contributed by atoms with Crippen LogP contribution in [0.15, 0.2) is 53.5 Å². The summed E-state index contributed by atoms with van der Waals surface area (Å²) in [5.74, 6) is 0.852. The zero-order valence-corrected chi connectivity index (χ0v) is 17.5. The van der Waals surface area contributed by atoms with Crippen LogP contribution in [0, 0.1) is 5.92 Å². The monoisotopic (exact) mass is 430 g/mol. The van der Waals surface area contributed by atoms with Crippen molar-refractivity contribution < 1.29 is 18.3 Å². The first kappa shape index (κ1) is 22.5. The van der Waals surface area contributed by atoms with E-state index in [1.54, 1.807) is 25.2 Å². The average Bonchev–Trinajstić information content (AvgIpc) is 3.30. The predicted molar refractivity (Wildman–Crippen MR) is 117 cm³/mol. The molecule has 0 saturated heterocycles. The van der Waals surface area contributed by atoms with Gasteiger partial charge in [0.2, 0.25) is 5.91 Å². The van der Waals surface area contributed by atoms with Gasteiger partial charge >= 0.3 is 6.61 Å². The van der Waals surface area contributed by atoms with Crippen LogP contribution >= 0.6 is 0 Å². The fourth-order valence-electron chi connectivity index (χ4n) is 3.64. The topological polar surface area (TPSA) is 74.8 Å². The maximum atomic E-state index is 12.6. The van der Waals surface area contributed by atoms with Crippen LogP contribution in [0.25, 0.3) is 0 Å². The van der Waals surface area contributed by atoms with Crippen LogP contribution in [0.3, 0.4) is 0 Å². The Labute approximate surface area is 181 Å². The first-order chi connectivity index (χ1) is 15.0. The molecule has 3 N–H and O–H groups in total. The molecular weight excluding hydrogens is 402 g/mol. The van der Waals surface area contributed by atoms with Crippen LogP contribution in [0.5, 0.6) is 5.75 Å². The minimum Gasteiger partial charge on any atom is -0.434 e. The maximum absolute atomic E-state index is 12.6. The van der Waals surface area contributed by atoms with E-state index in [0.29, 0.717) is 18.1 Å². The molecule has 166 valence electrons. The van der Waals surface area contributed by atoms with E-state index in [2.05, 4.69) is 25.7 Å². The highest BCUT2D eigenvalue weighted by molar-refractivity contribution is 5.92. The largest absolute Gasteiger partial charge is 0.434 e. The number of ether oxygens (including phenoxy) is 1. The zero-order valence-electron chi connectivity index (χ0n) is 17.5. The summed E-state index contributed by atoms with van der Waals surface area (Å²) in [5.41, 5.74) is 2.35. The van der Waals surface area contributed by atoms with Crippen LogP contribution in [-0.2, 0) is 17.9 Å². The molecule has 31 heavy (non-hydrogen) atoms. The summed E-state index contributed by atoms with van der Waals surface area (Å²) in [4.78, 5) is 16.5. The molecule has 2 aromatic rings. The molecule has 1 aliphatic carbocycles. The molecular formula is C23H28F2N4O2. The highest BCUT2D eigenvalue weighted by Crippen LogP contribution is 2.26. The second-order valence-electron chi connectivity index (χ2n) is 7.44. The first-order valence-corrected chi connectivity index (χ1v) is 10.4. The zero-order chi connectivity index (χ0) is 22.1. The molecule has 0 atom stereocenters. The van der Waals surface area contributed by atoms with E-state index in [-0.39, 0.29) is 24.1 Å². The van der Waals surface area contributed by atoms with E-state index in [0.717, 1.165) is 36.9 Å². The average molecular weight is 430 g/mol. The molecule has 3 rings (SSSR count). The van der Waals surface area contributed by atoms with Crippen molar-refractivity contribution in [3.63, 3.8) is 0 Å². The first-order valence-electron chi connectivity index (χ1n) is 10.4. The van der Waals surface area contributed by atoms with Crippen molar-refractivity contribution >= 4 is 17.6 Å². The highest BCUT2D eigenvalue weighted by atomic mass is 19.3. The number of carbonyl (C=O) groups is 1. The summed E-state index contributed by atoms with van der Waals surface area (Å²) < 4.78 is 29.7. The van der Waals surface area contributed by atoms with Gasteiger partial charge in [-0.25, -0.2) is 0 Å². The number of alkyl halides is 2. The lowest BCUT2D eigenvalue weighted by Gasteiger charge is -2.15. The molecule has 0 bridgehead atoms. The number of anilines is 1. The number of nitrogens with zero attached hydrogens (tertiary/aromatic N) is 1. The van der Waals surface area contributed by atoms with Gasteiger partial charge in [-0.3, -0.25) is 9.79 Å². The van der Waals surface area contributed by atoms with Gasteiger partial charge in [-0.1, -0.05) is 43.2 Å². The Balaban J connectivity index is 1.52. The third-order valence-corrected chi connectivity index (χ3v) is 5.24. The molecule has 0 heterocycles. The van der Waals surface area contributed by atoms with Crippen molar-refractivity contribution in [3.8, 4) is 5.75 Å². The predicted octanol–water partition coefficient (Wildman–Crippen LogP) is 4.28. The van der Waals surface area contributed by atoms with Crippen LogP contribution in [0.4, 0.5) is 14.5 Å². The fraction of sp³-hybridized carbons (Fsp3) is 0.391. The number of para-hydroxylation sites is 1. The molecule has 1 aliphatic rings. The van der Waals surface area contributed by atoms with Gasteiger partial charge in [0, 0.05) is 37.3 Å². The molecule has 8 heteroatoms. The van der Waals surface area contributed by atoms with Crippen molar-refractivity contribution in [3.05, 3.63) is 59.7 Å². The molecule has 6 nitrogen and oxygen atoms in total. The molecule has 1 fully saturated rings. The van der Waals surface area contributed by atoms with Crippen molar-refractivity contribution in [2.24, 2.45) is 10.9 Å². The molecule has 0 radical (unpaired) electrons. The van der Waals surface area contributed by atoms with Gasteiger partial charge in [0.05, 0.1) is 0 Å². The van der Waals surface area contributed by atoms with Crippen LogP contribution in [0.2, 0.25) is 0 Å². The minimum absolute atomic E-state index is 0.0877. The number of amides is 1. The van der Waals surface area contributed by atoms with Crippen LogP contribution in [-0.4, -0.2) is 25.5 Å². The SMILES string of the molecule is CN=C(NCc1cccc(NC(=O)C2CCCC2)c1)NCc1ccccc1OC(F)F. The number of rotatable bonds is 8. The maximum Gasteiger partial charge on any atom is 0.387 e. The van der Waals surface area contributed by atoms with Gasteiger partial charge < -0.3 is 20.7 Å². The highest BCUT2D eigenvalue weighted by Gasteiger charge is 2.22. The Morgan fingerprint density at radius 3 is 2.58 bits per heavy atom. The number of benzene rings is 2. The fourth-order valence-corrected chi connectivity index (χ4v) is 3.64. The summed E-state index contributed by atoms with van der Waals surface area (Å²) in [7, 11) is 1.63. The molecule has 2 aromatic carbocycles. The summed E-state index contributed by atoms with van der Waals surface area (Å²) in [6, 6.07) is 14.3.